The smallest absolute Gasteiger partial charge is 0.338 e. The molecule has 10 heteroatoms. The monoisotopic (exact) mass is 440 g/mol. The lowest BCUT2D eigenvalue weighted by Gasteiger charge is -2.24. The summed E-state index contributed by atoms with van der Waals surface area (Å²) in [6, 6.07) is 10.6. The molecule has 0 aliphatic heterocycles. The zero-order chi connectivity index (χ0) is 21.6. The molecule has 0 unspecified atom stereocenters. The van der Waals surface area contributed by atoms with Crippen molar-refractivity contribution < 1.29 is 27.5 Å². The first-order valence-electron chi connectivity index (χ1n) is 8.54. The van der Waals surface area contributed by atoms with Gasteiger partial charge >= 0.3 is 5.97 Å². The normalized spacial score (nSPS) is 10.9. The first-order chi connectivity index (χ1) is 13.7. The van der Waals surface area contributed by atoms with Gasteiger partial charge in [-0.2, -0.15) is 0 Å². The van der Waals surface area contributed by atoms with Gasteiger partial charge in [-0.3, -0.25) is 9.10 Å². The molecule has 2 aromatic rings. The molecule has 0 aliphatic carbocycles. The van der Waals surface area contributed by atoms with Crippen LogP contribution in [-0.4, -0.2) is 46.8 Å². The number of hydrogen-bond acceptors (Lipinski definition) is 6. The highest BCUT2D eigenvalue weighted by molar-refractivity contribution is 7.92. The number of anilines is 2. The molecule has 0 radical (unpaired) electrons. The van der Waals surface area contributed by atoms with E-state index in [1.54, 1.807) is 31.2 Å². The molecule has 8 nitrogen and oxygen atoms in total. The molecule has 1 amide bonds. The van der Waals surface area contributed by atoms with E-state index in [1.165, 1.54) is 25.3 Å². The van der Waals surface area contributed by atoms with Crippen molar-refractivity contribution in [3.8, 4) is 5.75 Å². The Morgan fingerprint density at radius 1 is 1.17 bits per heavy atom. The van der Waals surface area contributed by atoms with Crippen LogP contribution >= 0.6 is 11.6 Å². The maximum absolute atomic E-state index is 12.5. The van der Waals surface area contributed by atoms with Crippen LogP contribution < -0.4 is 14.4 Å². The van der Waals surface area contributed by atoms with Crippen molar-refractivity contribution in [1.82, 2.24) is 0 Å². The van der Waals surface area contributed by atoms with E-state index >= 15 is 0 Å². The number of ether oxygens (including phenoxy) is 2. The summed E-state index contributed by atoms with van der Waals surface area (Å²) in [5.74, 6) is -0.888. The Labute approximate surface area is 174 Å². The van der Waals surface area contributed by atoms with Crippen molar-refractivity contribution in [3.63, 3.8) is 0 Å². The molecule has 0 aromatic heterocycles. The Morgan fingerprint density at radius 3 is 2.52 bits per heavy atom. The second-order valence-electron chi connectivity index (χ2n) is 5.94. The van der Waals surface area contributed by atoms with E-state index in [1.807, 2.05) is 0 Å². The highest BCUT2D eigenvalue weighted by Crippen LogP contribution is 2.32. The fourth-order valence-electron chi connectivity index (χ4n) is 2.51. The molecule has 0 spiro atoms. The van der Waals surface area contributed by atoms with Crippen molar-refractivity contribution in [3.05, 3.63) is 53.1 Å². The molecule has 0 aliphatic rings. The maximum atomic E-state index is 12.5. The number of hydrogen-bond donors (Lipinski definition) is 1. The van der Waals surface area contributed by atoms with Gasteiger partial charge in [0.05, 0.1) is 31.2 Å². The van der Waals surface area contributed by atoms with Crippen LogP contribution in [0.5, 0.6) is 5.75 Å². The molecule has 0 fully saturated rings. The highest BCUT2D eigenvalue weighted by atomic mass is 35.5. The Kier molecular flexibility index (Phi) is 7.46. The number of carbonyl (C=O) groups excluding carboxylic acids is 2. The second-order valence-corrected chi connectivity index (χ2v) is 8.28. The van der Waals surface area contributed by atoms with Crippen LogP contribution in [-0.2, 0) is 19.6 Å². The number of methoxy groups -OCH3 is 1. The lowest BCUT2D eigenvalue weighted by molar-refractivity contribution is -0.114. The third-order valence-electron chi connectivity index (χ3n) is 3.75. The largest absolute Gasteiger partial charge is 0.495 e. The average molecular weight is 441 g/mol. The Morgan fingerprint density at radius 2 is 1.90 bits per heavy atom. The van der Waals surface area contributed by atoms with E-state index in [2.05, 4.69) is 5.32 Å². The number of nitrogens with zero attached hydrogens (tertiary/aromatic N) is 1. The van der Waals surface area contributed by atoms with E-state index in [4.69, 9.17) is 21.1 Å². The van der Waals surface area contributed by atoms with Gasteiger partial charge in [0.15, 0.2) is 0 Å². The Balaban J connectivity index is 2.26. The predicted octanol–water partition coefficient (Wildman–Crippen LogP) is 2.93. The molecule has 29 heavy (non-hydrogen) atoms. The van der Waals surface area contributed by atoms with Crippen LogP contribution in [0.3, 0.4) is 0 Å². The highest BCUT2D eigenvalue weighted by Gasteiger charge is 2.24. The minimum atomic E-state index is -3.82. The molecule has 0 saturated carbocycles. The summed E-state index contributed by atoms with van der Waals surface area (Å²) >= 11 is 5.99. The third-order valence-corrected chi connectivity index (χ3v) is 5.12. The molecule has 0 bridgehead atoms. The van der Waals surface area contributed by atoms with Crippen molar-refractivity contribution in [1.29, 1.82) is 0 Å². The Hall–Kier alpha value is -2.78. The van der Waals surface area contributed by atoms with E-state index in [0.717, 1.165) is 10.6 Å². The SMILES string of the molecule is CCOC(=O)c1cccc(NC(=O)CN(c2cc(Cl)ccc2OC)S(C)(=O)=O)c1. The van der Waals surface area contributed by atoms with Crippen LogP contribution in [0.15, 0.2) is 42.5 Å². The number of benzene rings is 2. The number of carbonyl (C=O) groups is 2. The summed E-state index contributed by atoms with van der Waals surface area (Å²) < 4.78 is 35.6. The molecular formula is C19H21ClN2O6S. The van der Waals surface area contributed by atoms with Gasteiger partial charge in [0.1, 0.15) is 12.3 Å². The molecule has 1 N–H and O–H groups in total. The van der Waals surface area contributed by atoms with Gasteiger partial charge in [0, 0.05) is 10.7 Å². The van der Waals surface area contributed by atoms with Crippen molar-refractivity contribution in [2.45, 2.75) is 6.92 Å². The van der Waals surface area contributed by atoms with Crippen LogP contribution in [0, 0.1) is 0 Å². The molecular weight excluding hydrogens is 420 g/mol. The molecule has 156 valence electrons. The number of nitrogens with one attached hydrogen (secondary N) is 1. The van der Waals surface area contributed by atoms with Crippen LogP contribution in [0.2, 0.25) is 5.02 Å². The number of halogens is 1. The van der Waals surface area contributed by atoms with Gasteiger partial charge in [0.25, 0.3) is 0 Å². The minimum absolute atomic E-state index is 0.137. The second kappa shape index (κ2) is 9.62. The quantitative estimate of drug-likeness (QED) is 0.633. The summed E-state index contributed by atoms with van der Waals surface area (Å²) in [4.78, 5) is 24.4. The van der Waals surface area contributed by atoms with Gasteiger partial charge in [-0.1, -0.05) is 17.7 Å². The van der Waals surface area contributed by atoms with Gasteiger partial charge in [-0.05, 0) is 43.3 Å². The first kappa shape index (κ1) is 22.5. The topological polar surface area (TPSA) is 102 Å². The summed E-state index contributed by atoms with van der Waals surface area (Å²) in [5, 5.41) is 2.87. The molecule has 2 rings (SSSR count). The fourth-order valence-corrected chi connectivity index (χ4v) is 3.53. The van der Waals surface area contributed by atoms with E-state index in [9.17, 15) is 18.0 Å². The predicted molar refractivity (Wildman–Crippen MR) is 111 cm³/mol. The van der Waals surface area contributed by atoms with Crippen molar-refractivity contribution in [2.24, 2.45) is 0 Å². The number of amides is 1. The average Bonchev–Trinajstić information content (AvgIpc) is 2.65. The zero-order valence-electron chi connectivity index (χ0n) is 16.1. The first-order valence-corrected chi connectivity index (χ1v) is 10.8. The summed E-state index contributed by atoms with van der Waals surface area (Å²) in [6.45, 7) is 1.40. The molecule has 0 heterocycles. The third kappa shape index (κ3) is 6.10. The molecule has 0 atom stereocenters. The van der Waals surface area contributed by atoms with Crippen molar-refractivity contribution in [2.75, 3.05) is 36.1 Å². The lowest BCUT2D eigenvalue weighted by Crippen LogP contribution is -2.37. The summed E-state index contributed by atoms with van der Waals surface area (Å²) in [7, 11) is -2.44. The molecule has 2 aromatic carbocycles. The zero-order valence-corrected chi connectivity index (χ0v) is 17.7. The van der Waals surface area contributed by atoms with Gasteiger partial charge < -0.3 is 14.8 Å². The van der Waals surface area contributed by atoms with E-state index in [-0.39, 0.29) is 28.6 Å². The summed E-state index contributed by atoms with van der Waals surface area (Å²) in [5.41, 5.74) is 0.728. The van der Waals surface area contributed by atoms with Crippen LogP contribution in [0.4, 0.5) is 11.4 Å². The van der Waals surface area contributed by atoms with Gasteiger partial charge in [-0.15, -0.1) is 0 Å². The standard InChI is InChI=1S/C19H21ClN2O6S/c1-4-28-19(24)13-6-5-7-15(10-13)21-18(23)12-22(29(3,25)26)16-11-14(20)8-9-17(16)27-2/h5-11H,4,12H2,1-3H3,(H,21,23). The van der Waals surface area contributed by atoms with E-state index in [0.29, 0.717) is 5.69 Å². The number of esters is 1. The number of sulfonamides is 1. The van der Waals surface area contributed by atoms with Crippen LogP contribution in [0.25, 0.3) is 0 Å². The minimum Gasteiger partial charge on any atom is -0.495 e. The Bertz CT molecular complexity index is 1010. The fraction of sp³-hybridized carbons (Fsp3) is 0.263. The number of rotatable bonds is 8. The maximum Gasteiger partial charge on any atom is 0.338 e. The summed E-state index contributed by atoms with van der Waals surface area (Å²) in [6.07, 6.45) is 0.974. The van der Waals surface area contributed by atoms with E-state index < -0.39 is 28.4 Å². The van der Waals surface area contributed by atoms with Gasteiger partial charge in [-0.25, -0.2) is 13.2 Å². The lowest BCUT2D eigenvalue weighted by atomic mass is 10.2. The molecule has 0 saturated heterocycles. The van der Waals surface area contributed by atoms with Crippen LogP contribution in [0.1, 0.15) is 17.3 Å². The van der Waals surface area contributed by atoms with Crippen molar-refractivity contribution >= 4 is 44.9 Å². The van der Waals surface area contributed by atoms with Gasteiger partial charge in [0.2, 0.25) is 15.9 Å².